The number of halogens is 2. The van der Waals surface area contributed by atoms with Crippen LogP contribution in [0.3, 0.4) is 0 Å². The largest absolute Gasteiger partial charge is 0.352 e. The van der Waals surface area contributed by atoms with E-state index in [0.29, 0.717) is 4.83 Å². The Bertz CT molecular complexity index is 436. The molecule has 1 fully saturated rings. The average Bonchev–Trinajstić information content (AvgIpc) is 2.79. The van der Waals surface area contributed by atoms with Crippen LogP contribution in [0.2, 0.25) is 0 Å². The van der Waals surface area contributed by atoms with Gasteiger partial charge in [-0.05, 0) is 37.5 Å². The summed E-state index contributed by atoms with van der Waals surface area (Å²) in [6.07, 6.45) is 1.71. The zero-order valence-electron chi connectivity index (χ0n) is 10.8. The summed E-state index contributed by atoms with van der Waals surface area (Å²) in [5, 5.41) is 6.29. The van der Waals surface area contributed by atoms with E-state index in [4.69, 9.17) is 0 Å². The Morgan fingerprint density at radius 2 is 2.16 bits per heavy atom. The zero-order chi connectivity index (χ0) is 13.8. The lowest BCUT2D eigenvalue weighted by Crippen LogP contribution is -2.44. The average molecular weight is 390 g/mol. The number of rotatable bonds is 4. The van der Waals surface area contributed by atoms with Crippen LogP contribution in [0, 0.1) is 0 Å². The van der Waals surface area contributed by atoms with Gasteiger partial charge in [0, 0.05) is 21.9 Å². The molecule has 2 rings (SSSR count). The Hall–Kier alpha value is -0.390. The highest BCUT2D eigenvalue weighted by Gasteiger charge is 2.28. The highest BCUT2D eigenvalue weighted by atomic mass is 79.9. The van der Waals surface area contributed by atoms with Gasteiger partial charge in [-0.2, -0.15) is 0 Å². The molecule has 19 heavy (non-hydrogen) atoms. The molecular formula is C14H18Br2N2O. The maximum atomic E-state index is 12.0. The normalized spacial score (nSPS) is 24.2. The smallest absolute Gasteiger partial charge is 0.237 e. The summed E-state index contributed by atoms with van der Waals surface area (Å²) >= 11 is 6.95. The molecule has 3 unspecified atom stereocenters. The Labute approximate surface area is 130 Å². The molecule has 5 heteroatoms. The number of hydrogen-bond donors (Lipinski definition) is 2. The Kier molecular flexibility index (Phi) is 5.42. The molecule has 1 heterocycles. The molecule has 0 bridgehead atoms. The molecule has 0 saturated carbocycles. The number of alkyl halides is 1. The van der Waals surface area contributed by atoms with Crippen LogP contribution < -0.4 is 10.6 Å². The quantitative estimate of drug-likeness (QED) is 0.777. The second kappa shape index (κ2) is 6.86. The van der Waals surface area contributed by atoms with E-state index in [1.165, 1.54) is 5.56 Å². The van der Waals surface area contributed by atoms with Crippen LogP contribution in [0.15, 0.2) is 28.7 Å². The van der Waals surface area contributed by atoms with Gasteiger partial charge in [0.15, 0.2) is 0 Å². The van der Waals surface area contributed by atoms with Gasteiger partial charge < -0.3 is 10.6 Å². The minimum Gasteiger partial charge on any atom is -0.352 e. The third-order valence-corrected chi connectivity index (χ3v) is 4.46. The molecule has 0 aliphatic carbocycles. The van der Waals surface area contributed by atoms with Gasteiger partial charge in [0.2, 0.25) is 5.91 Å². The van der Waals surface area contributed by atoms with Crippen molar-refractivity contribution in [1.82, 2.24) is 10.6 Å². The number of amides is 1. The molecule has 1 saturated heterocycles. The van der Waals surface area contributed by atoms with Gasteiger partial charge in [-0.1, -0.05) is 44.0 Å². The second-order valence-corrected chi connectivity index (χ2v) is 7.24. The van der Waals surface area contributed by atoms with Crippen molar-refractivity contribution in [2.45, 2.75) is 36.7 Å². The third-order valence-electron chi connectivity index (χ3n) is 3.24. The van der Waals surface area contributed by atoms with Crippen molar-refractivity contribution < 1.29 is 4.79 Å². The lowest BCUT2D eigenvalue weighted by Gasteiger charge is -2.17. The fourth-order valence-corrected chi connectivity index (χ4v) is 3.09. The third kappa shape index (κ3) is 4.58. The van der Waals surface area contributed by atoms with Gasteiger partial charge in [0.05, 0.1) is 6.04 Å². The number of nitrogens with one attached hydrogen (secondary N) is 2. The summed E-state index contributed by atoms with van der Waals surface area (Å²) in [5.74, 6) is 0.103. The molecule has 0 aromatic heterocycles. The Morgan fingerprint density at radius 3 is 2.74 bits per heavy atom. The van der Waals surface area contributed by atoms with Gasteiger partial charge in [-0.15, -0.1) is 0 Å². The topological polar surface area (TPSA) is 41.1 Å². The molecule has 3 nitrogen and oxygen atoms in total. The predicted octanol–water partition coefficient (Wildman–Crippen LogP) is 2.62. The molecule has 1 aromatic carbocycles. The Morgan fingerprint density at radius 1 is 1.47 bits per heavy atom. The highest BCUT2D eigenvalue weighted by Crippen LogP contribution is 2.15. The first-order valence-corrected chi connectivity index (χ1v) is 8.17. The first-order valence-electron chi connectivity index (χ1n) is 6.47. The van der Waals surface area contributed by atoms with Crippen molar-refractivity contribution in [2.24, 2.45) is 0 Å². The van der Waals surface area contributed by atoms with E-state index in [1.807, 2.05) is 19.1 Å². The molecule has 1 aliphatic rings. The van der Waals surface area contributed by atoms with Crippen molar-refractivity contribution in [3.8, 4) is 0 Å². The maximum absolute atomic E-state index is 12.0. The molecule has 1 aromatic rings. The predicted molar refractivity (Wildman–Crippen MR) is 84.6 cm³/mol. The van der Waals surface area contributed by atoms with Crippen molar-refractivity contribution in [3.63, 3.8) is 0 Å². The van der Waals surface area contributed by atoms with E-state index in [2.05, 4.69) is 54.6 Å². The van der Waals surface area contributed by atoms with Crippen LogP contribution in [0.4, 0.5) is 0 Å². The van der Waals surface area contributed by atoms with Crippen molar-refractivity contribution >= 4 is 37.8 Å². The number of hydrogen-bond acceptors (Lipinski definition) is 2. The van der Waals surface area contributed by atoms with Crippen molar-refractivity contribution in [2.75, 3.05) is 6.54 Å². The second-order valence-electron chi connectivity index (χ2n) is 5.03. The zero-order valence-corrected chi connectivity index (χ0v) is 14.0. The fraction of sp³-hybridized carbons (Fsp3) is 0.500. The van der Waals surface area contributed by atoms with Gasteiger partial charge in [0.1, 0.15) is 0 Å². The van der Waals surface area contributed by atoms with Crippen LogP contribution >= 0.6 is 31.9 Å². The molecule has 104 valence electrons. The summed E-state index contributed by atoms with van der Waals surface area (Å²) in [5.41, 5.74) is 1.23. The van der Waals surface area contributed by atoms with E-state index < -0.39 is 0 Å². The summed E-state index contributed by atoms with van der Waals surface area (Å²) in [6.45, 7) is 2.90. The molecule has 2 N–H and O–H groups in total. The summed E-state index contributed by atoms with van der Waals surface area (Å²) < 4.78 is 1.08. The van der Waals surface area contributed by atoms with E-state index in [0.717, 1.165) is 23.9 Å². The molecule has 3 atom stereocenters. The lowest BCUT2D eigenvalue weighted by atomic mass is 10.1. The first-order chi connectivity index (χ1) is 9.04. The van der Waals surface area contributed by atoms with E-state index in [-0.39, 0.29) is 18.0 Å². The SMILES string of the molecule is CC(Cc1ccc(Br)cc1)NC(=O)C1CC(Br)CN1. The number of carbonyl (C=O) groups is 1. The molecular weight excluding hydrogens is 372 g/mol. The Balaban J connectivity index is 1.82. The summed E-state index contributed by atoms with van der Waals surface area (Å²) in [4.78, 5) is 12.5. The van der Waals surface area contributed by atoms with E-state index in [9.17, 15) is 4.79 Å². The molecule has 1 aliphatic heterocycles. The maximum Gasteiger partial charge on any atom is 0.237 e. The monoisotopic (exact) mass is 388 g/mol. The first kappa shape index (κ1) is 15.0. The minimum absolute atomic E-state index is 0.0586. The van der Waals surface area contributed by atoms with Crippen LogP contribution in [-0.4, -0.2) is 29.4 Å². The number of carbonyl (C=O) groups excluding carboxylic acids is 1. The standard InChI is InChI=1S/C14H18Br2N2O/c1-9(6-10-2-4-11(15)5-3-10)18-14(19)13-7-12(16)8-17-13/h2-5,9,12-13,17H,6-8H2,1H3,(H,18,19). The van der Waals surface area contributed by atoms with Crippen molar-refractivity contribution in [1.29, 1.82) is 0 Å². The van der Waals surface area contributed by atoms with Gasteiger partial charge >= 0.3 is 0 Å². The summed E-state index contributed by atoms with van der Waals surface area (Å²) in [6, 6.07) is 8.29. The van der Waals surface area contributed by atoms with Crippen molar-refractivity contribution in [3.05, 3.63) is 34.3 Å². The van der Waals surface area contributed by atoms with Crippen LogP contribution in [-0.2, 0) is 11.2 Å². The molecule has 0 radical (unpaired) electrons. The van der Waals surface area contributed by atoms with Gasteiger partial charge in [0.25, 0.3) is 0 Å². The van der Waals surface area contributed by atoms with E-state index >= 15 is 0 Å². The fourth-order valence-electron chi connectivity index (χ4n) is 2.26. The summed E-state index contributed by atoms with van der Waals surface area (Å²) in [7, 11) is 0. The molecule has 1 amide bonds. The van der Waals surface area contributed by atoms with Crippen LogP contribution in [0.5, 0.6) is 0 Å². The van der Waals surface area contributed by atoms with Crippen LogP contribution in [0.1, 0.15) is 18.9 Å². The van der Waals surface area contributed by atoms with Gasteiger partial charge in [-0.25, -0.2) is 0 Å². The molecule has 0 spiro atoms. The van der Waals surface area contributed by atoms with Crippen LogP contribution in [0.25, 0.3) is 0 Å². The van der Waals surface area contributed by atoms with E-state index in [1.54, 1.807) is 0 Å². The number of benzene rings is 1. The highest BCUT2D eigenvalue weighted by molar-refractivity contribution is 9.10. The van der Waals surface area contributed by atoms with Gasteiger partial charge in [-0.3, -0.25) is 4.79 Å². The minimum atomic E-state index is -0.0586. The lowest BCUT2D eigenvalue weighted by molar-refractivity contribution is -0.123.